The summed E-state index contributed by atoms with van der Waals surface area (Å²) in [5.74, 6) is 0.0872. The van der Waals surface area contributed by atoms with Gasteiger partial charge < -0.3 is 24.4 Å². The van der Waals surface area contributed by atoms with Crippen LogP contribution in [0.1, 0.15) is 35.7 Å². The molecule has 9 heteroatoms. The van der Waals surface area contributed by atoms with Crippen molar-refractivity contribution >= 4 is 29.4 Å². The molecule has 0 aromatic heterocycles. The number of halogens is 1. The van der Waals surface area contributed by atoms with Gasteiger partial charge in [0.25, 0.3) is 11.8 Å². The summed E-state index contributed by atoms with van der Waals surface area (Å²) in [5.41, 5.74) is 1.41. The molecule has 1 atom stereocenters. The van der Waals surface area contributed by atoms with E-state index in [4.69, 9.17) is 25.8 Å². The molecule has 4 rings (SSSR count). The standard InChI is InChI=1S/C24H25ClN2O6/c1-15(22(28)26-13-16-2-7-20-21(12-16)32-14-31-20)33-24(30)18-8-10-27(11-9-18)23(29)17-3-5-19(25)6-4-17/h2-7,12,15,18H,8-11,13-14H2,1H3,(H,26,28)/t15-/m1/s1. The molecular weight excluding hydrogens is 448 g/mol. The zero-order valence-corrected chi connectivity index (χ0v) is 19.0. The van der Waals surface area contributed by atoms with Gasteiger partial charge in [0.2, 0.25) is 6.79 Å². The number of carbonyl (C=O) groups is 3. The van der Waals surface area contributed by atoms with Gasteiger partial charge in [-0.15, -0.1) is 0 Å². The summed E-state index contributed by atoms with van der Waals surface area (Å²) in [6.07, 6.45) is 0.0631. The number of hydrogen-bond donors (Lipinski definition) is 1. The van der Waals surface area contributed by atoms with Gasteiger partial charge in [-0.1, -0.05) is 17.7 Å². The van der Waals surface area contributed by atoms with Crippen molar-refractivity contribution in [3.05, 3.63) is 58.6 Å². The maximum atomic E-state index is 12.6. The molecule has 0 saturated carbocycles. The maximum Gasteiger partial charge on any atom is 0.309 e. The van der Waals surface area contributed by atoms with Crippen LogP contribution < -0.4 is 14.8 Å². The molecule has 8 nitrogen and oxygen atoms in total. The first-order valence-corrected chi connectivity index (χ1v) is 11.2. The third-order valence-electron chi connectivity index (χ3n) is 5.77. The molecule has 2 amide bonds. The largest absolute Gasteiger partial charge is 0.454 e. The quantitative estimate of drug-likeness (QED) is 0.649. The zero-order chi connectivity index (χ0) is 23.4. The van der Waals surface area contributed by atoms with E-state index in [0.717, 1.165) is 5.56 Å². The normalized spacial score (nSPS) is 16.2. The Kier molecular flexibility index (Phi) is 7.03. The van der Waals surface area contributed by atoms with Gasteiger partial charge in [-0.05, 0) is 61.7 Å². The highest BCUT2D eigenvalue weighted by atomic mass is 35.5. The number of likely N-dealkylation sites (tertiary alicyclic amines) is 1. The number of amides is 2. The van der Waals surface area contributed by atoms with Crippen LogP contribution in [-0.2, 0) is 20.9 Å². The first-order chi connectivity index (χ1) is 15.9. The SMILES string of the molecule is C[C@@H](OC(=O)C1CCN(C(=O)c2ccc(Cl)cc2)CC1)C(=O)NCc1ccc2c(c1)OCO2. The van der Waals surface area contributed by atoms with Gasteiger partial charge in [0.05, 0.1) is 5.92 Å². The predicted octanol–water partition coefficient (Wildman–Crippen LogP) is 3.17. The van der Waals surface area contributed by atoms with Crippen molar-refractivity contribution in [2.75, 3.05) is 19.9 Å². The Labute approximate surface area is 196 Å². The van der Waals surface area contributed by atoms with E-state index in [0.29, 0.717) is 48.0 Å². The third kappa shape index (κ3) is 5.57. The summed E-state index contributed by atoms with van der Waals surface area (Å²) >= 11 is 5.88. The van der Waals surface area contributed by atoms with E-state index in [2.05, 4.69) is 5.32 Å². The number of nitrogens with zero attached hydrogens (tertiary/aromatic N) is 1. The summed E-state index contributed by atoms with van der Waals surface area (Å²) in [7, 11) is 0. The van der Waals surface area contributed by atoms with Crippen molar-refractivity contribution in [1.29, 1.82) is 0 Å². The monoisotopic (exact) mass is 472 g/mol. The highest BCUT2D eigenvalue weighted by Gasteiger charge is 2.30. The average Bonchev–Trinajstić information content (AvgIpc) is 3.30. The van der Waals surface area contributed by atoms with Crippen molar-refractivity contribution in [1.82, 2.24) is 10.2 Å². The van der Waals surface area contributed by atoms with Gasteiger partial charge in [0, 0.05) is 30.2 Å². The molecule has 2 aliphatic heterocycles. The highest BCUT2D eigenvalue weighted by molar-refractivity contribution is 6.30. The molecule has 2 aromatic rings. The molecule has 0 unspecified atom stereocenters. The van der Waals surface area contributed by atoms with Gasteiger partial charge in [-0.25, -0.2) is 0 Å². The Balaban J connectivity index is 1.21. The third-order valence-corrected chi connectivity index (χ3v) is 6.02. The van der Waals surface area contributed by atoms with Crippen molar-refractivity contribution < 1.29 is 28.6 Å². The lowest BCUT2D eigenvalue weighted by atomic mass is 9.96. The molecule has 0 radical (unpaired) electrons. The molecule has 0 aliphatic carbocycles. The smallest absolute Gasteiger partial charge is 0.309 e. The summed E-state index contributed by atoms with van der Waals surface area (Å²) in [5, 5.41) is 3.34. The Morgan fingerprint density at radius 2 is 1.79 bits per heavy atom. The fourth-order valence-corrected chi connectivity index (χ4v) is 3.93. The van der Waals surface area contributed by atoms with E-state index < -0.39 is 12.1 Å². The highest BCUT2D eigenvalue weighted by Crippen LogP contribution is 2.32. The Hall–Kier alpha value is -3.26. The first-order valence-electron chi connectivity index (χ1n) is 10.8. The Morgan fingerprint density at radius 3 is 2.52 bits per heavy atom. The molecule has 1 saturated heterocycles. The minimum Gasteiger partial charge on any atom is -0.454 e. The van der Waals surface area contributed by atoms with E-state index in [1.807, 2.05) is 6.07 Å². The number of fused-ring (bicyclic) bond motifs is 1. The van der Waals surface area contributed by atoms with E-state index in [1.165, 1.54) is 0 Å². The summed E-state index contributed by atoms with van der Waals surface area (Å²) in [6, 6.07) is 12.2. The van der Waals surface area contributed by atoms with E-state index in [-0.39, 0.29) is 31.1 Å². The van der Waals surface area contributed by atoms with Crippen molar-refractivity contribution in [3.63, 3.8) is 0 Å². The molecule has 0 spiro atoms. The van der Waals surface area contributed by atoms with Crippen LogP contribution in [0.4, 0.5) is 0 Å². The number of hydrogen-bond acceptors (Lipinski definition) is 6. The second kappa shape index (κ2) is 10.1. The fraction of sp³-hybridized carbons (Fsp3) is 0.375. The molecule has 1 N–H and O–H groups in total. The number of carbonyl (C=O) groups excluding carboxylic acids is 3. The number of ether oxygens (including phenoxy) is 3. The number of benzene rings is 2. The van der Waals surface area contributed by atoms with Gasteiger partial charge in [0.15, 0.2) is 17.6 Å². The van der Waals surface area contributed by atoms with E-state index in [1.54, 1.807) is 48.2 Å². The molecule has 2 aliphatic rings. The molecule has 174 valence electrons. The average molecular weight is 473 g/mol. The topological polar surface area (TPSA) is 94.2 Å². The molecule has 1 fully saturated rings. The molecule has 2 heterocycles. The van der Waals surface area contributed by atoms with Crippen molar-refractivity contribution in [3.8, 4) is 11.5 Å². The number of rotatable bonds is 6. The lowest BCUT2D eigenvalue weighted by molar-refractivity contribution is -0.160. The lowest BCUT2D eigenvalue weighted by Gasteiger charge is -2.31. The summed E-state index contributed by atoms with van der Waals surface area (Å²) in [6.45, 7) is 2.92. The van der Waals surface area contributed by atoms with Gasteiger partial charge in [-0.3, -0.25) is 14.4 Å². The molecular formula is C24H25ClN2O6. The van der Waals surface area contributed by atoms with Crippen LogP contribution >= 0.6 is 11.6 Å². The van der Waals surface area contributed by atoms with Crippen LogP contribution in [0.2, 0.25) is 5.02 Å². The summed E-state index contributed by atoms with van der Waals surface area (Å²) in [4.78, 5) is 39.3. The summed E-state index contributed by atoms with van der Waals surface area (Å²) < 4.78 is 16.0. The van der Waals surface area contributed by atoms with Crippen LogP contribution in [0.5, 0.6) is 11.5 Å². The number of esters is 1. The molecule has 2 aromatic carbocycles. The maximum absolute atomic E-state index is 12.6. The van der Waals surface area contributed by atoms with Gasteiger partial charge >= 0.3 is 5.97 Å². The van der Waals surface area contributed by atoms with Crippen LogP contribution in [0.25, 0.3) is 0 Å². The van der Waals surface area contributed by atoms with Crippen LogP contribution in [-0.4, -0.2) is 48.7 Å². The van der Waals surface area contributed by atoms with E-state index >= 15 is 0 Å². The van der Waals surface area contributed by atoms with E-state index in [9.17, 15) is 14.4 Å². The molecule has 0 bridgehead atoms. The van der Waals surface area contributed by atoms with Crippen molar-refractivity contribution in [2.24, 2.45) is 5.92 Å². The predicted molar refractivity (Wildman–Crippen MR) is 120 cm³/mol. The number of piperidine rings is 1. The fourth-order valence-electron chi connectivity index (χ4n) is 3.80. The van der Waals surface area contributed by atoms with Gasteiger partial charge in [-0.2, -0.15) is 0 Å². The lowest BCUT2D eigenvalue weighted by Crippen LogP contribution is -2.42. The second-order valence-corrected chi connectivity index (χ2v) is 8.49. The van der Waals surface area contributed by atoms with Crippen LogP contribution in [0.15, 0.2) is 42.5 Å². The van der Waals surface area contributed by atoms with Crippen molar-refractivity contribution in [2.45, 2.75) is 32.4 Å². The van der Waals surface area contributed by atoms with Crippen LogP contribution in [0.3, 0.4) is 0 Å². The Morgan fingerprint density at radius 1 is 1.09 bits per heavy atom. The van der Waals surface area contributed by atoms with Crippen LogP contribution in [0, 0.1) is 5.92 Å². The zero-order valence-electron chi connectivity index (χ0n) is 18.2. The molecule has 33 heavy (non-hydrogen) atoms. The minimum atomic E-state index is -0.916. The second-order valence-electron chi connectivity index (χ2n) is 8.06. The first kappa shape index (κ1) is 22.9. The van der Waals surface area contributed by atoms with Gasteiger partial charge in [0.1, 0.15) is 0 Å². The minimum absolute atomic E-state index is 0.0882. The Bertz CT molecular complexity index is 1030. The number of nitrogens with one attached hydrogen (secondary N) is 1.